The van der Waals surface area contributed by atoms with Gasteiger partial charge < -0.3 is 10.4 Å². The van der Waals surface area contributed by atoms with Crippen LogP contribution in [0.4, 0.5) is 11.4 Å². The van der Waals surface area contributed by atoms with Gasteiger partial charge in [-0.05, 0) is 36.4 Å². The van der Waals surface area contributed by atoms with Crippen molar-refractivity contribution in [1.29, 1.82) is 0 Å². The van der Waals surface area contributed by atoms with E-state index in [1.807, 2.05) is 43.4 Å². The van der Waals surface area contributed by atoms with Crippen LogP contribution in [-0.4, -0.2) is 18.4 Å². The van der Waals surface area contributed by atoms with E-state index in [-0.39, 0.29) is 5.75 Å². The summed E-state index contributed by atoms with van der Waals surface area (Å²) in [7, 11) is 1.88. The number of hydrogen-bond donors (Lipinski definition) is 2. The highest BCUT2D eigenvalue weighted by molar-refractivity contribution is 5.85. The number of aromatic hydroxyl groups is 1. The van der Waals surface area contributed by atoms with E-state index in [9.17, 15) is 5.11 Å². The maximum absolute atomic E-state index is 9.57. The molecule has 0 aromatic heterocycles. The first kappa shape index (κ1) is 11.2. The Kier molecular flexibility index (Phi) is 3.40. The number of aliphatic imine (C=N–C) groups is 1. The Hall–Kier alpha value is -2.29. The molecule has 0 heterocycles. The molecule has 0 aliphatic carbocycles. The normalized spacial score (nSPS) is 10.6. The molecule has 0 atom stereocenters. The summed E-state index contributed by atoms with van der Waals surface area (Å²) in [5, 5.41) is 12.6. The van der Waals surface area contributed by atoms with Gasteiger partial charge in [0.2, 0.25) is 0 Å². The van der Waals surface area contributed by atoms with Gasteiger partial charge in [0.1, 0.15) is 5.75 Å². The van der Waals surface area contributed by atoms with Crippen LogP contribution in [0.15, 0.2) is 53.5 Å². The van der Waals surface area contributed by atoms with Crippen LogP contribution in [0, 0.1) is 0 Å². The lowest BCUT2D eigenvalue weighted by molar-refractivity contribution is 0.474. The maximum atomic E-state index is 9.57. The van der Waals surface area contributed by atoms with Crippen LogP contribution in [-0.2, 0) is 0 Å². The molecule has 17 heavy (non-hydrogen) atoms. The molecule has 0 spiro atoms. The molecule has 3 nitrogen and oxygen atoms in total. The highest BCUT2D eigenvalue weighted by atomic mass is 16.3. The molecular formula is C14H14N2O. The van der Waals surface area contributed by atoms with Gasteiger partial charge in [-0.3, -0.25) is 4.99 Å². The predicted molar refractivity (Wildman–Crippen MR) is 71.3 cm³/mol. The van der Waals surface area contributed by atoms with E-state index < -0.39 is 0 Å². The number of hydrogen-bond acceptors (Lipinski definition) is 3. The minimum absolute atomic E-state index is 0.239. The molecule has 0 unspecified atom stereocenters. The molecule has 2 N–H and O–H groups in total. The second-order valence-electron chi connectivity index (χ2n) is 3.61. The van der Waals surface area contributed by atoms with Crippen molar-refractivity contribution in [3.05, 3.63) is 54.1 Å². The van der Waals surface area contributed by atoms with Crippen LogP contribution < -0.4 is 5.32 Å². The van der Waals surface area contributed by atoms with Crippen LogP contribution in [0.25, 0.3) is 0 Å². The summed E-state index contributed by atoms with van der Waals surface area (Å²) in [6.07, 6.45) is 1.66. The van der Waals surface area contributed by atoms with Crippen LogP contribution in [0.1, 0.15) is 5.56 Å². The van der Waals surface area contributed by atoms with Crippen LogP contribution >= 0.6 is 0 Å². The Morgan fingerprint density at radius 3 is 2.41 bits per heavy atom. The fourth-order valence-electron chi connectivity index (χ4n) is 1.45. The van der Waals surface area contributed by atoms with Gasteiger partial charge in [0.25, 0.3) is 0 Å². The van der Waals surface area contributed by atoms with E-state index in [1.165, 1.54) is 0 Å². The van der Waals surface area contributed by atoms with E-state index in [0.717, 1.165) is 11.4 Å². The summed E-state index contributed by atoms with van der Waals surface area (Å²) in [5.41, 5.74) is 2.61. The molecule has 0 aliphatic rings. The SMILES string of the molecule is CNc1ccc(N=Cc2ccccc2O)cc1. The molecule has 2 rings (SSSR count). The van der Waals surface area contributed by atoms with E-state index in [2.05, 4.69) is 10.3 Å². The first-order valence-corrected chi connectivity index (χ1v) is 5.39. The predicted octanol–water partition coefficient (Wildman–Crippen LogP) is 3.18. The van der Waals surface area contributed by atoms with Gasteiger partial charge in [0.05, 0.1) is 5.69 Å². The number of para-hydroxylation sites is 1. The molecule has 0 saturated carbocycles. The first-order valence-electron chi connectivity index (χ1n) is 5.39. The van der Waals surface area contributed by atoms with Gasteiger partial charge in [0, 0.05) is 24.5 Å². The average Bonchev–Trinajstić information content (AvgIpc) is 2.38. The lowest BCUT2D eigenvalue weighted by Gasteiger charge is -2.00. The zero-order valence-corrected chi connectivity index (χ0v) is 9.59. The van der Waals surface area contributed by atoms with Crippen molar-refractivity contribution in [2.75, 3.05) is 12.4 Å². The van der Waals surface area contributed by atoms with E-state index in [0.29, 0.717) is 5.56 Å². The molecular weight excluding hydrogens is 212 g/mol. The lowest BCUT2D eigenvalue weighted by atomic mass is 10.2. The number of nitrogens with one attached hydrogen (secondary N) is 1. The molecule has 0 aliphatic heterocycles. The Bertz CT molecular complexity index is 518. The van der Waals surface area contributed by atoms with E-state index in [4.69, 9.17) is 0 Å². The number of anilines is 1. The Balaban J connectivity index is 2.17. The van der Waals surface area contributed by atoms with Gasteiger partial charge in [-0.15, -0.1) is 0 Å². The Labute approximate surface area is 100 Å². The molecule has 0 radical (unpaired) electrons. The minimum Gasteiger partial charge on any atom is -0.507 e. The van der Waals surface area contributed by atoms with Gasteiger partial charge in [-0.2, -0.15) is 0 Å². The quantitative estimate of drug-likeness (QED) is 0.789. The summed E-state index contributed by atoms with van der Waals surface area (Å²) in [5.74, 6) is 0.239. The number of phenols is 1. The van der Waals surface area contributed by atoms with Gasteiger partial charge in [-0.25, -0.2) is 0 Å². The minimum atomic E-state index is 0.239. The monoisotopic (exact) mass is 226 g/mol. The van der Waals surface area contributed by atoms with Crippen molar-refractivity contribution in [3.8, 4) is 5.75 Å². The molecule has 0 saturated heterocycles. The second kappa shape index (κ2) is 5.16. The summed E-state index contributed by atoms with van der Waals surface area (Å²) in [4.78, 5) is 4.30. The van der Waals surface area contributed by atoms with Gasteiger partial charge in [-0.1, -0.05) is 12.1 Å². The van der Waals surface area contributed by atoms with Crippen molar-refractivity contribution in [2.24, 2.45) is 4.99 Å². The standard InChI is InChI=1S/C14H14N2O/c1-15-12-6-8-13(9-7-12)16-10-11-4-2-3-5-14(11)17/h2-10,15,17H,1H3. The third-order valence-electron chi connectivity index (χ3n) is 2.45. The molecule has 0 amide bonds. The largest absolute Gasteiger partial charge is 0.507 e. The van der Waals surface area contributed by atoms with Crippen LogP contribution in [0.2, 0.25) is 0 Å². The summed E-state index contributed by atoms with van der Waals surface area (Å²) in [6, 6.07) is 14.9. The topological polar surface area (TPSA) is 44.6 Å². The molecule has 2 aromatic rings. The molecule has 3 heteroatoms. The van der Waals surface area contributed by atoms with Crippen molar-refractivity contribution >= 4 is 17.6 Å². The average molecular weight is 226 g/mol. The lowest BCUT2D eigenvalue weighted by Crippen LogP contribution is -1.85. The zero-order valence-electron chi connectivity index (χ0n) is 9.59. The third-order valence-corrected chi connectivity index (χ3v) is 2.45. The van der Waals surface area contributed by atoms with Crippen molar-refractivity contribution in [1.82, 2.24) is 0 Å². The van der Waals surface area contributed by atoms with Crippen LogP contribution in [0.5, 0.6) is 5.75 Å². The van der Waals surface area contributed by atoms with Crippen LogP contribution in [0.3, 0.4) is 0 Å². The third kappa shape index (κ3) is 2.84. The van der Waals surface area contributed by atoms with Crippen molar-refractivity contribution in [3.63, 3.8) is 0 Å². The summed E-state index contributed by atoms with van der Waals surface area (Å²) in [6.45, 7) is 0. The molecule has 0 bridgehead atoms. The second-order valence-corrected chi connectivity index (χ2v) is 3.61. The summed E-state index contributed by atoms with van der Waals surface area (Å²) < 4.78 is 0. The van der Waals surface area contributed by atoms with Crippen molar-refractivity contribution < 1.29 is 5.11 Å². The molecule has 2 aromatic carbocycles. The number of rotatable bonds is 3. The number of nitrogens with zero attached hydrogens (tertiary/aromatic N) is 1. The van der Waals surface area contributed by atoms with Gasteiger partial charge in [0.15, 0.2) is 0 Å². The zero-order chi connectivity index (χ0) is 12.1. The number of phenolic OH excluding ortho intramolecular Hbond substituents is 1. The Morgan fingerprint density at radius 1 is 1.06 bits per heavy atom. The Morgan fingerprint density at radius 2 is 1.76 bits per heavy atom. The molecule has 86 valence electrons. The highest BCUT2D eigenvalue weighted by Crippen LogP contribution is 2.18. The smallest absolute Gasteiger partial charge is 0.124 e. The highest BCUT2D eigenvalue weighted by Gasteiger charge is 1.95. The first-order chi connectivity index (χ1) is 8.29. The van der Waals surface area contributed by atoms with E-state index in [1.54, 1.807) is 18.3 Å². The maximum Gasteiger partial charge on any atom is 0.124 e. The van der Waals surface area contributed by atoms with Gasteiger partial charge >= 0.3 is 0 Å². The molecule has 0 fully saturated rings. The summed E-state index contributed by atoms with van der Waals surface area (Å²) >= 11 is 0. The van der Waals surface area contributed by atoms with Crippen molar-refractivity contribution in [2.45, 2.75) is 0 Å². The fraction of sp³-hybridized carbons (Fsp3) is 0.0714. The van der Waals surface area contributed by atoms with E-state index >= 15 is 0 Å². The fourth-order valence-corrected chi connectivity index (χ4v) is 1.45. The number of benzene rings is 2.